The predicted molar refractivity (Wildman–Crippen MR) is 202 cm³/mol. The molecular weight excluding hydrogens is 594 g/mol. The number of imidazole rings is 1. The van der Waals surface area contributed by atoms with Gasteiger partial charge in [-0.2, -0.15) is 0 Å². The maximum absolute atomic E-state index is 10.0. The topological polar surface area (TPSA) is 76.6 Å². The van der Waals surface area contributed by atoms with Gasteiger partial charge in [-0.25, -0.2) is 9.78 Å². The Balaban J connectivity index is 0.000000801. The van der Waals surface area contributed by atoms with Gasteiger partial charge < -0.3 is 24.8 Å². The zero-order valence-corrected chi connectivity index (χ0v) is 31.3. The van der Waals surface area contributed by atoms with Crippen LogP contribution in [-0.2, 0) is 11.8 Å². The smallest absolute Gasteiger partial charge is 0.405 e. The molecule has 0 unspecified atom stereocenters. The highest BCUT2D eigenvalue weighted by Crippen LogP contribution is 2.33. The molecule has 0 saturated carbocycles. The van der Waals surface area contributed by atoms with Crippen molar-refractivity contribution in [2.24, 2.45) is 12.8 Å². The summed E-state index contributed by atoms with van der Waals surface area (Å²) in [5, 5.41) is 0.745. The molecule has 2 aromatic carbocycles. The Morgan fingerprint density at radius 2 is 1.46 bits per heavy atom. The van der Waals surface area contributed by atoms with E-state index in [1.807, 2.05) is 45.2 Å². The molecule has 1 amide bonds. The van der Waals surface area contributed by atoms with Gasteiger partial charge in [0.05, 0.1) is 16.1 Å². The second kappa shape index (κ2) is 24.2. The number of hydrogen-bond donors (Lipinski definition) is 1. The number of carbonyl (C=O) groups excluding carboxylic acids is 1. The molecule has 46 heavy (non-hydrogen) atoms. The molecule has 4 rings (SSSR count). The molecule has 0 bridgehead atoms. The van der Waals surface area contributed by atoms with Crippen LogP contribution in [0.3, 0.4) is 0 Å². The summed E-state index contributed by atoms with van der Waals surface area (Å²) in [5.74, 6) is 0.917. The first-order valence-electron chi connectivity index (χ1n) is 17.2. The Kier molecular flexibility index (Phi) is 22.6. The van der Waals surface area contributed by atoms with Crippen molar-refractivity contribution in [3.05, 3.63) is 60.6 Å². The van der Waals surface area contributed by atoms with Crippen molar-refractivity contribution in [3.63, 3.8) is 0 Å². The van der Waals surface area contributed by atoms with Gasteiger partial charge in [0.1, 0.15) is 11.4 Å². The number of para-hydroxylation sites is 2. The molecule has 1 aliphatic heterocycles. The molecule has 1 saturated heterocycles. The van der Waals surface area contributed by atoms with E-state index in [2.05, 4.69) is 71.2 Å². The van der Waals surface area contributed by atoms with Crippen LogP contribution in [0.4, 0.5) is 10.5 Å². The predicted octanol–water partition coefficient (Wildman–Crippen LogP) is 10.5. The SMILES string of the molecule is C=C.CC.CC(C)(C)OC(N)=O.CCCCCCCCC.CCN1CCN(c2ccc(Cl)c(-c3nc4ccccc4n3C)c2)CC1. The fourth-order valence-electron chi connectivity index (χ4n) is 4.92. The average Bonchev–Trinajstić information content (AvgIpc) is 3.38. The number of fused-ring (bicyclic) bond motifs is 1. The quantitative estimate of drug-likeness (QED) is 0.183. The van der Waals surface area contributed by atoms with E-state index in [1.165, 1.54) is 50.6 Å². The first-order valence-corrected chi connectivity index (χ1v) is 17.6. The number of likely N-dealkylation sites (N-methyl/N-ethyl adjacent to an activating group) is 1. The van der Waals surface area contributed by atoms with E-state index in [0.717, 1.165) is 60.2 Å². The lowest BCUT2D eigenvalue weighted by molar-refractivity contribution is 0.0600. The van der Waals surface area contributed by atoms with E-state index >= 15 is 0 Å². The van der Waals surface area contributed by atoms with Gasteiger partial charge >= 0.3 is 6.09 Å². The van der Waals surface area contributed by atoms with Crippen molar-refractivity contribution in [3.8, 4) is 11.4 Å². The highest BCUT2D eigenvalue weighted by atomic mass is 35.5. The molecule has 0 atom stereocenters. The normalized spacial score (nSPS) is 12.7. The van der Waals surface area contributed by atoms with Crippen LogP contribution in [0.2, 0.25) is 5.02 Å². The minimum atomic E-state index is -0.725. The maximum Gasteiger partial charge on any atom is 0.405 e. The van der Waals surface area contributed by atoms with Crippen LogP contribution in [0.25, 0.3) is 22.4 Å². The third kappa shape index (κ3) is 16.0. The summed E-state index contributed by atoms with van der Waals surface area (Å²) >= 11 is 6.53. The standard InChI is InChI=1S/C20H23ClN4.C9H20.C5H11NO2.C2H6.C2H4/c1-3-24-10-12-25(13-11-24)15-8-9-17(21)16(14-15)20-22-18-6-4-5-7-19(18)23(20)2;1-3-5-7-9-8-6-4-2;1-5(2,3)8-4(6)7;2*1-2/h4-9,14H,3,10-13H2,1-2H3;3-9H2,1-2H3;1-3H3,(H2,6,7);1-2H3;1-2H2. The number of benzene rings is 2. The highest BCUT2D eigenvalue weighted by Gasteiger charge is 2.19. The first-order chi connectivity index (χ1) is 22.0. The van der Waals surface area contributed by atoms with Crippen molar-refractivity contribution in [1.82, 2.24) is 14.5 Å². The maximum atomic E-state index is 10.0. The number of amides is 1. The van der Waals surface area contributed by atoms with E-state index < -0.39 is 11.7 Å². The third-order valence-corrected chi connectivity index (χ3v) is 7.61. The number of hydrogen-bond acceptors (Lipinski definition) is 5. The number of ether oxygens (including phenoxy) is 1. The molecule has 0 spiro atoms. The Bertz CT molecular complexity index is 1220. The first kappa shape index (κ1) is 43.0. The summed E-state index contributed by atoms with van der Waals surface area (Å²) in [6.45, 7) is 27.5. The number of unbranched alkanes of at least 4 members (excludes halogenated alkanes) is 6. The molecule has 3 aromatic rings. The summed E-state index contributed by atoms with van der Waals surface area (Å²) in [4.78, 5) is 19.7. The van der Waals surface area contributed by atoms with E-state index in [-0.39, 0.29) is 0 Å². The van der Waals surface area contributed by atoms with Crippen LogP contribution in [0.5, 0.6) is 0 Å². The zero-order valence-electron chi connectivity index (χ0n) is 30.5. The second-order valence-electron chi connectivity index (χ2n) is 11.9. The summed E-state index contributed by atoms with van der Waals surface area (Å²) in [5.41, 5.74) is 8.60. The van der Waals surface area contributed by atoms with E-state index in [4.69, 9.17) is 22.3 Å². The molecule has 260 valence electrons. The summed E-state index contributed by atoms with van der Waals surface area (Å²) in [6, 6.07) is 14.5. The van der Waals surface area contributed by atoms with Gasteiger partial charge in [0, 0.05) is 44.5 Å². The van der Waals surface area contributed by atoms with Gasteiger partial charge in [0.25, 0.3) is 0 Å². The van der Waals surface area contributed by atoms with Gasteiger partial charge in [-0.05, 0) is 57.6 Å². The highest BCUT2D eigenvalue weighted by molar-refractivity contribution is 6.33. The van der Waals surface area contributed by atoms with Gasteiger partial charge in [-0.3, -0.25) is 0 Å². The monoisotopic (exact) mass is 657 g/mol. The number of aromatic nitrogens is 2. The van der Waals surface area contributed by atoms with E-state index in [0.29, 0.717) is 0 Å². The second-order valence-corrected chi connectivity index (χ2v) is 12.3. The molecule has 2 N–H and O–H groups in total. The van der Waals surface area contributed by atoms with Crippen LogP contribution in [0.15, 0.2) is 55.6 Å². The molecule has 1 aromatic heterocycles. The Morgan fingerprint density at radius 1 is 0.913 bits per heavy atom. The Morgan fingerprint density at radius 3 is 1.91 bits per heavy atom. The Labute approximate surface area is 286 Å². The minimum Gasteiger partial charge on any atom is -0.444 e. The molecule has 8 heteroatoms. The number of nitrogens with zero attached hydrogens (tertiary/aromatic N) is 4. The van der Waals surface area contributed by atoms with Gasteiger partial charge in [-0.1, -0.05) is 103 Å². The molecule has 1 aliphatic rings. The lowest BCUT2D eigenvalue weighted by Crippen LogP contribution is -2.46. The van der Waals surface area contributed by atoms with Crippen LogP contribution >= 0.6 is 11.6 Å². The summed E-state index contributed by atoms with van der Waals surface area (Å²) < 4.78 is 6.70. The number of rotatable bonds is 9. The number of primary amides is 1. The zero-order chi connectivity index (χ0) is 35.1. The fraction of sp³-hybridized carbons (Fsp3) is 0.579. The van der Waals surface area contributed by atoms with Gasteiger partial charge in [-0.15, -0.1) is 13.2 Å². The van der Waals surface area contributed by atoms with Crippen molar-refractivity contribution in [2.75, 3.05) is 37.6 Å². The fourth-order valence-corrected chi connectivity index (χ4v) is 5.12. The number of carbonyl (C=O) groups is 1. The number of halogens is 1. The minimum absolute atomic E-state index is 0.453. The average molecular weight is 658 g/mol. The summed E-state index contributed by atoms with van der Waals surface area (Å²) in [7, 11) is 2.05. The number of piperazine rings is 1. The van der Waals surface area contributed by atoms with Crippen LogP contribution in [0, 0.1) is 0 Å². The molecular formula is C38H64ClN5O2. The van der Waals surface area contributed by atoms with E-state index in [1.54, 1.807) is 20.8 Å². The Hall–Kier alpha value is -3.03. The lowest BCUT2D eigenvalue weighted by atomic mass is 10.1. The largest absolute Gasteiger partial charge is 0.444 e. The molecule has 7 nitrogen and oxygen atoms in total. The van der Waals surface area contributed by atoms with Crippen molar-refractivity contribution >= 4 is 34.4 Å². The molecule has 1 fully saturated rings. The van der Waals surface area contributed by atoms with Crippen LogP contribution < -0.4 is 10.6 Å². The van der Waals surface area contributed by atoms with Crippen molar-refractivity contribution < 1.29 is 9.53 Å². The van der Waals surface area contributed by atoms with Crippen LogP contribution in [0.1, 0.15) is 100 Å². The number of aryl methyl sites for hydroxylation is 1. The molecule has 0 radical (unpaired) electrons. The van der Waals surface area contributed by atoms with Crippen molar-refractivity contribution in [2.45, 2.75) is 106 Å². The van der Waals surface area contributed by atoms with Crippen LogP contribution in [-0.4, -0.2) is 58.9 Å². The van der Waals surface area contributed by atoms with Gasteiger partial charge in [0.15, 0.2) is 0 Å². The number of anilines is 1. The van der Waals surface area contributed by atoms with E-state index in [9.17, 15) is 4.79 Å². The molecule has 0 aliphatic carbocycles. The number of nitrogens with two attached hydrogens (primary N) is 1. The third-order valence-electron chi connectivity index (χ3n) is 7.28. The lowest BCUT2D eigenvalue weighted by Gasteiger charge is -2.35. The summed E-state index contributed by atoms with van der Waals surface area (Å²) in [6.07, 6.45) is 9.25. The van der Waals surface area contributed by atoms with Crippen molar-refractivity contribution in [1.29, 1.82) is 0 Å². The molecule has 2 heterocycles. The van der Waals surface area contributed by atoms with Gasteiger partial charge in [0.2, 0.25) is 0 Å².